The third-order valence-corrected chi connectivity index (χ3v) is 6.34. The monoisotopic (exact) mass is 484 g/mol. The van der Waals surface area contributed by atoms with E-state index in [0.29, 0.717) is 16.8 Å². The molecule has 1 saturated heterocycles. The lowest BCUT2D eigenvalue weighted by Gasteiger charge is -2.20. The van der Waals surface area contributed by atoms with Crippen molar-refractivity contribution in [1.29, 1.82) is 0 Å². The topological polar surface area (TPSA) is 81.8 Å². The molecule has 1 fully saturated rings. The van der Waals surface area contributed by atoms with Gasteiger partial charge in [-0.2, -0.15) is 0 Å². The van der Waals surface area contributed by atoms with Crippen LogP contribution in [0.15, 0.2) is 78.9 Å². The summed E-state index contributed by atoms with van der Waals surface area (Å²) in [5.74, 6) is -0.262. The fourth-order valence-electron chi connectivity index (χ4n) is 4.23. The molecule has 0 aromatic heterocycles. The number of carbonyl (C=O) groups is 3. The Morgan fingerprint density at radius 3 is 1.97 bits per heavy atom. The van der Waals surface area contributed by atoms with Gasteiger partial charge >= 0.3 is 0 Å². The van der Waals surface area contributed by atoms with Crippen molar-refractivity contribution in [2.75, 3.05) is 42.2 Å². The van der Waals surface area contributed by atoms with Gasteiger partial charge in [-0.1, -0.05) is 31.0 Å². The lowest BCUT2D eigenvalue weighted by Crippen LogP contribution is -2.31. The summed E-state index contributed by atoms with van der Waals surface area (Å²) < 4.78 is 0. The van der Waals surface area contributed by atoms with Crippen LogP contribution >= 0.6 is 0 Å². The van der Waals surface area contributed by atoms with Gasteiger partial charge in [-0.05, 0) is 73.5 Å². The third-order valence-electron chi connectivity index (χ3n) is 6.34. The van der Waals surface area contributed by atoms with E-state index in [9.17, 15) is 14.4 Å². The highest BCUT2D eigenvalue weighted by molar-refractivity contribution is 6.06. The predicted molar refractivity (Wildman–Crippen MR) is 144 cm³/mol. The predicted octanol–water partition coefficient (Wildman–Crippen LogP) is 5.03. The summed E-state index contributed by atoms with van der Waals surface area (Å²) >= 11 is 0. The van der Waals surface area contributed by atoms with Gasteiger partial charge in [-0.3, -0.25) is 14.4 Å². The van der Waals surface area contributed by atoms with E-state index >= 15 is 0 Å². The number of likely N-dealkylation sites (tertiary alicyclic amines) is 1. The largest absolute Gasteiger partial charge is 0.376 e. The van der Waals surface area contributed by atoms with Crippen LogP contribution in [-0.2, 0) is 4.79 Å². The molecule has 0 aliphatic carbocycles. The van der Waals surface area contributed by atoms with Crippen LogP contribution in [-0.4, -0.2) is 49.3 Å². The summed E-state index contributed by atoms with van der Waals surface area (Å²) in [6.45, 7) is 1.69. The molecule has 7 heteroatoms. The maximum atomic E-state index is 12.7. The van der Waals surface area contributed by atoms with Crippen LogP contribution < -0.4 is 15.5 Å². The number of amides is 3. The minimum Gasteiger partial charge on any atom is -0.376 e. The minimum atomic E-state index is -0.203. The highest BCUT2D eigenvalue weighted by Gasteiger charge is 2.17. The molecule has 7 nitrogen and oxygen atoms in total. The second-order valence-electron chi connectivity index (χ2n) is 8.96. The van der Waals surface area contributed by atoms with E-state index in [1.807, 2.05) is 35.2 Å². The van der Waals surface area contributed by atoms with Crippen molar-refractivity contribution in [3.05, 3.63) is 90.0 Å². The minimum absolute atomic E-state index is 0.0494. The van der Waals surface area contributed by atoms with Gasteiger partial charge in [-0.25, -0.2) is 0 Å². The molecule has 0 atom stereocenters. The number of benzene rings is 3. The van der Waals surface area contributed by atoms with Gasteiger partial charge in [0.2, 0.25) is 5.91 Å². The molecule has 1 heterocycles. The Kier molecular flexibility index (Phi) is 8.34. The molecular weight excluding hydrogens is 452 g/mol. The Morgan fingerprint density at radius 1 is 0.750 bits per heavy atom. The summed E-state index contributed by atoms with van der Waals surface area (Å²) in [7, 11) is 1.74. The first kappa shape index (κ1) is 25.0. The van der Waals surface area contributed by atoms with Gasteiger partial charge in [0.05, 0.1) is 6.54 Å². The van der Waals surface area contributed by atoms with Crippen molar-refractivity contribution in [2.24, 2.45) is 0 Å². The first-order valence-corrected chi connectivity index (χ1v) is 12.4. The van der Waals surface area contributed by atoms with E-state index in [0.717, 1.165) is 37.3 Å². The van der Waals surface area contributed by atoms with Gasteiger partial charge in [-0.15, -0.1) is 0 Å². The average Bonchev–Trinajstić information content (AvgIpc) is 3.22. The van der Waals surface area contributed by atoms with E-state index in [-0.39, 0.29) is 24.3 Å². The van der Waals surface area contributed by atoms with Crippen molar-refractivity contribution in [3.63, 3.8) is 0 Å². The molecule has 0 radical (unpaired) electrons. The van der Waals surface area contributed by atoms with Gasteiger partial charge in [0.1, 0.15) is 0 Å². The zero-order valence-corrected chi connectivity index (χ0v) is 20.6. The van der Waals surface area contributed by atoms with E-state index in [2.05, 4.69) is 10.6 Å². The first-order valence-electron chi connectivity index (χ1n) is 12.4. The van der Waals surface area contributed by atoms with Crippen LogP contribution in [0.3, 0.4) is 0 Å². The maximum Gasteiger partial charge on any atom is 0.258 e. The number of nitrogens with one attached hydrogen (secondary N) is 2. The highest BCUT2D eigenvalue weighted by Crippen LogP contribution is 2.18. The fraction of sp³-hybridized carbons (Fsp3) is 0.276. The maximum absolute atomic E-state index is 12.7. The molecule has 36 heavy (non-hydrogen) atoms. The molecular formula is C29H32N4O3. The molecule has 0 unspecified atom stereocenters. The van der Waals surface area contributed by atoms with Crippen molar-refractivity contribution in [1.82, 2.24) is 4.90 Å². The second kappa shape index (κ2) is 12.0. The second-order valence-corrected chi connectivity index (χ2v) is 8.96. The van der Waals surface area contributed by atoms with Gasteiger partial charge in [0.25, 0.3) is 11.8 Å². The van der Waals surface area contributed by atoms with Crippen LogP contribution in [0.4, 0.5) is 17.1 Å². The smallest absolute Gasteiger partial charge is 0.258 e. The molecule has 0 spiro atoms. The Labute approximate surface area is 212 Å². The molecule has 1 aliphatic rings. The van der Waals surface area contributed by atoms with Crippen LogP contribution in [0.2, 0.25) is 0 Å². The lowest BCUT2D eigenvalue weighted by atomic mass is 10.1. The number of anilines is 3. The van der Waals surface area contributed by atoms with Gasteiger partial charge in [0, 0.05) is 48.3 Å². The summed E-state index contributed by atoms with van der Waals surface area (Å²) in [6.07, 6.45) is 4.46. The number of rotatable bonds is 7. The first-order chi connectivity index (χ1) is 17.5. The fourth-order valence-corrected chi connectivity index (χ4v) is 4.23. The van der Waals surface area contributed by atoms with Crippen LogP contribution in [0.25, 0.3) is 0 Å². The Balaban J connectivity index is 1.26. The van der Waals surface area contributed by atoms with Crippen molar-refractivity contribution < 1.29 is 14.4 Å². The number of nitrogens with zero attached hydrogens (tertiary/aromatic N) is 2. The number of para-hydroxylation sites is 1. The SMILES string of the molecule is CN(C(=O)c1ccc(NCC(=O)Nc2ccc(C(=O)N3CCCCCC3)cc2)cc1)c1ccccc1. The van der Waals surface area contributed by atoms with E-state index in [1.165, 1.54) is 12.8 Å². The summed E-state index contributed by atoms with van der Waals surface area (Å²) in [6, 6.07) is 23.5. The molecule has 2 N–H and O–H groups in total. The van der Waals surface area contributed by atoms with Crippen LogP contribution in [0, 0.1) is 0 Å². The molecule has 0 saturated carbocycles. The molecule has 1 aliphatic heterocycles. The standard InChI is InChI=1S/C29H32N4O3/c1-32(26-9-5-4-6-10-26)28(35)22-11-15-24(16-12-22)30-21-27(34)31-25-17-13-23(14-18-25)29(36)33-19-7-2-3-8-20-33/h4-6,9-18,30H,2-3,7-8,19-21H2,1H3,(H,31,34). The van der Waals surface area contributed by atoms with Crippen molar-refractivity contribution in [2.45, 2.75) is 25.7 Å². The normalized spacial score (nSPS) is 13.4. The summed E-state index contributed by atoms with van der Waals surface area (Å²) in [4.78, 5) is 41.4. The van der Waals surface area contributed by atoms with Gasteiger partial charge in [0.15, 0.2) is 0 Å². The molecule has 3 amide bonds. The zero-order valence-electron chi connectivity index (χ0n) is 20.6. The van der Waals surface area contributed by atoms with E-state index in [1.54, 1.807) is 60.5 Å². The van der Waals surface area contributed by atoms with Crippen molar-refractivity contribution in [3.8, 4) is 0 Å². The van der Waals surface area contributed by atoms with Crippen LogP contribution in [0.5, 0.6) is 0 Å². The quantitative estimate of drug-likeness (QED) is 0.493. The highest BCUT2D eigenvalue weighted by atomic mass is 16.2. The van der Waals surface area contributed by atoms with E-state index in [4.69, 9.17) is 0 Å². The Hall–Kier alpha value is -4.13. The Morgan fingerprint density at radius 2 is 1.33 bits per heavy atom. The Bertz CT molecular complexity index is 1170. The molecule has 3 aromatic rings. The number of carbonyl (C=O) groups excluding carboxylic acids is 3. The number of hydrogen-bond acceptors (Lipinski definition) is 4. The van der Waals surface area contributed by atoms with E-state index < -0.39 is 0 Å². The summed E-state index contributed by atoms with van der Waals surface area (Å²) in [5, 5.41) is 5.92. The molecule has 186 valence electrons. The lowest BCUT2D eigenvalue weighted by molar-refractivity contribution is -0.114. The molecule has 4 rings (SSSR count). The summed E-state index contributed by atoms with van der Waals surface area (Å²) in [5.41, 5.74) is 3.40. The molecule has 0 bridgehead atoms. The zero-order chi connectivity index (χ0) is 25.3. The molecule has 3 aromatic carbocycles. The number of hydrogen-bond donors (Lipinski definition) is 2. The third kappa shape index (κ3) is 6.50. The average molecular weight is 485 g/mol. The van der Waals surface area contributed by atoms with Gasteiger partial charge < -0.3 is 20.4 Å². The van der Waals surface area contributed by atoms with Crippen molar-refractivity contribution >= 4 is 34.8 Å². The van der Waals surface area contributed by atoms with Crippen LogP contribution in [0.1, 0.15) is 46.4 Å².